The monoisotopic (exact) mass is 230 g/mol. The standard InChI is InChI=1S/C11H10N4S/c1-2-4-10-9(3-1)11(16-15-10)12-7-8-5-6-13-14-8/h1-6,12H,7H2,(H,13,14). The first-order valence-electron chi connectivity index (χ1n) is 5.00. The van der Waals surface area contributed by atoms with Crippen LogP contribution >= 0.6 is 11.5 Å². The van der Waals surface area contributed by atoms with Gasteiger partial charge in [0.05, 0.1) is 17.8 Å². The van der Waals surface area contributed by atoms with Crippen LogP contribution < -0.4 is 5.32 Å². The number of fused-ring (bicyclic) bond motifs is 1. The van der Waals surface area contributed by atoms with Crippen LogP contribution in [0.15, 0.2) is 36.5 Å². The fourth-order valence-corrected chi connectivity index (χ4v) is 2.33. The summed E-state index contributed by atoms with van der Waals surface area (Å²) >= 11 is 1.49. The molecule has 0 atom stereocenters. The van der Waals surface area contributed by atoms with Crippen LogP contribution in [-0.2, 0) is 6.54 Å². The van der Waals surface area contributed by atoms with Crippen molar-refractivity contribution in [2.75, 3.05) is 5.32 Å². The fraction of sp³-hybridized carbons (Fsp3) is 0.0909. The van der Waals surface area contributed by atoms with Gasteiger partial charge in [0, 0.05) is 11.6 Å². The Bertz CT molecular complexity index is 585. The maximum atomic E-state index is 4.37. The first kappa shape index (κ1) is 9.35. The fourth-order valence-electron chi connectivity index (χ4n) is 1.58. The molecule has 0 bridgehead atoms. The molecular weight excluding hydrogens is 220 g/mol. The van der Waals surface area contributed by atoms with Gasteiger partial charge in [-0.3, -0.25) is 5.10 Å². The van der Waals surface area contributed by atoms with Crippen molar-refractivity contribution in [3.63, 3.8) is 0 Å². The molecule has 0 fully saturated rings. The minimum absolute atomic E-state index is 0.742. The highest BCUT2D eigenvalue weighted by Crippen LogP contribution is 2.27. The molecule has 0 amide bonds. The highest BCUT2D eigenvalue weighted by Gasteiger charge is 2.04. The predicted octanol–water partition coefficient (Wildman–Crippen LogP) is 2.63. The summed E-state index contributed by atoms with van der Waals surface area (Å²) in [6.45, 7) is 0.742. The second-order valence-electron chi connectivity index (χ2n) is 3.46. The van der Waals surface area contributed by atoms with Crippen LogP contribution in [0.5, 0.6) is 0 Å². The molecule has 2 N–H and O–H groups in total. The average molecular weight is 230 g/mol. The molecule has 0 saturated heterocycles. The van der Waals surface area contributed by atoms with Crippen LogP contribution in [0.1, 0.15) is 5.69 Å². The maximum Gasteiger partial charge on any atom is 0.117 e. The summed E-state index contributed by atoms with van der Waals surface area (Å²) in [5, 5.41) is 12.5. The van der Waals surface area contributed by atoms with Gasteiger partial charge in [0.1, 0.15) is 5.00 Å². The third-order valence-electron chi connectivity index (χ3n) is 2.38. The van der Waals surface area contributed by atoms with Crippen LogP contribution in [-0.4, -0.2) is 14.6 Å². The summed E-state index contributed by atoms with van der Waals surface area (Å²) in [4.78, 5) is 0. The normalized spacial score (nSPS) is 10.8. The van der Waals surface area contributed by atoms with Crippen LogP contribution in [0.25, 0.3) is 10.9 Å². The zero-order chi connectivity index (χ0) is 10.8. The molecule has 16 heavy (non-hydrogen) atoms. The van der Waals surface area contributed by atoms with E-state index in [9.17, 15) is 0 Å². The number of hydrogen-bond donors (Lipinski definition) is 2. The number of H-pyrrole nitrogens is 1. The molecule has 80 valence electrons. The van der Waals surface area contributed by atoms with E-state index in [4.69, 9.17) is 0 Å². The highest BCUT2D eigenvalue weighted by molar-refractivity contribution is 7.11. The predicted molar refractivity (Wildman–Crippen MR) is 65.5 cm³/mol. The quantitative estimate of drug-likeness (QED) is 0.727. The average Bonchev–Trinajstić information content (AvgIpc) is 2.96. The lowest BCUT2D eigenvalue weighted by Crippen LogP contribution is -1.98. The summed E-state index contributed by atoms with van der Waals surface area (Å²) in [6.07, 6.45) is 1.75. The molecule has 0 aliphatic carbocycles. The summed E-state index contributed by atoms with van der Waals surface area (Å²) < 4.78 is 4.37. The number of hydrogen-bond acceptors (Lipinski definition) is 4. The Hall–Kier alpha value is -1.88. The molecule has 0 aliphatic rings. The molecular formula is C11H10N4S. The molecule has 4 nitrogen and oxygen atoms in total. The van der Waals surface area contributed by atoms with Gasteiger partial charge in [-0.1, -0.05) is 12.1 Å². The van der Waals surface area contributed by atoms with Crippen LogP contribution in [0.3, 0.4) is 0 Å². The van der Waals surface area contributed by atoms with E-state index in [0.717, 1.165) is 22.8 Å². The van der Waals surface area contributed by atoms with Crippen molar-refractivity contribution in [1.82, 2.24) is 14.6 Å². The molecule has 0 radical (unpaired) electrons. The number of aromatic amines is 1. The molecule has 2 aromatic heterocycles. The molecule has 2 heterocycles. The molecule has 1 aromatic carbocycles. The van der Waals surface area contributed by atoms with E-state index in [1.807, 2.05) is 24.3 Å². The lowest BCUT2D eigenvalue weighted by atomic mass is 10.2. The van der Waals surface area contributed by atoms with Crippen molar-refractivity contribution in [2.24, 2.45) is 0 Å². The van der Waals surface area contributed by atoms with Gasteiger partial charge in [-0.25, -0.2) is 0 Å². The lowest BCUT2D eigenvalue weighted by Gasteiger charge is -2.00. The number of nitrogens with one attached hydrogen (secondary N) is 2. The van der Waals surface area contributed by atoms with Crippen LogP contribution in [0.4, 0.5) is 5.00 Å². The van der Waals surface area contributed by atoms with Crippen molar-refractivity contribution in [2.45, 2.75) is 6.54 Å². The van der Waals surface area contributed by atoms with Crippen LogP contribution in [0.2, 0.25) is 0 Å². The van der Waals surface area contributed by atoms with Gasteiger partial charge in [0.2, 0.25) is 0 Å². The first-order valence-corrected chi connectivity index (χ1v) is 5.77. The van der Waals surface area contributed by atoms with Crippen molar-refractivity contribution in [3.8, 4) is 0 Å². The Morgan fingerprint density at radius 2 is 2.19 bits per heavy atom. The third-order valence-corrected chi connectivity index (χ3v) is 3.22. The summed E-state index contributed by atoms with van der Waals surface area (Å²) in [7, 11) is 0. The number of rotatable bonds is 3. The van der Waals surface area contributed by atoms with E-state index in [0.29, 0.717) is 0 Å². The van der Waals surface area contributed by atoms with Gasteiger partial charge in [-0.15, -0.1) is 0 Å². The van der Waals surface area contributed by atoms with E-state index in [-0.39, 0.29) is 0 Å². The van der Waals surface area contributed by atoms with Gasteiger partial charge in [0.25, 0.3) is 0 Å². The smallest absolute Gasteiger partial charge is 0.117 e. The number of benzene rings is 1. The van der Waals surface area contributed by atoms with Crippen LogP contribution in [0, 0.1) is 0 Å². The van der Waals surface area contributed by atoms with Gasteiger partial charge in [0.15, 0.2) is 0 Å². The molecule has 5 heteroatoms. The van der Waals surface area contributed by atoms with Gasteiger partial charge in [-0.05, 0) is 29.7 Å². The van der Waals surface area contributed by atoms with Gasteiger partial charge in [-0.2, -0.15) is 9.47 Å². The Labute approximate surface area is 96.5 Å². The molecule has 0 spiro atoms. The van der Waals surface area contributed by atoms with Gasteiger partial charge < -0.3 is 5.32 Å². The highest BCUT2D eigenvalue weighted by atomic mass is 32.1. The minimum Gasteiger partial charge on any atom is -0.370 e. The Balaban J connectivity index is 1.84. The lowest BCUT2D eigenvalue weighted by molar-refractivity contribution is 0.985. The minimum atomic E-state index is 0.742. The Morgan fingerprint density at radius 1 is 1.25 bits per heavy atom. The number of nitrogens with zero attached hydrogens (tertiary/aromatic N) is 2. The third kappa shape index (κ3) is 1.65. The largest absolute Gasteiger partial charge is 0.370 e. The summed E-state index contributed by atoms with van der Waals surface area (Å²) in [5.74, 6) is 0. The SMILES string of the molecule is c1ccc2c(NCc3ccn[nH]3)snc2c1. The molecule has 3 rings (SSSR count). The second kappa shape index (κ2) is 3.94. The summed E-state index contributed by atoms with van der Waals surface area (Å²) in [5.41, 5.74) is 2.11. The van der Waals surface area contributed by atoms with E-state index in [2.05, 4.69) is 26.0 Å². The van der Waals surface area contributed by atoms with E-state index in [1.165, 1.54) is 16.9 Å². The first-order chi connectivity index (χ1) is 7.93. The Morgan fingerprint density at radius 3 is 3.06 bits per heavy atom. The molecule has 3 aromatic rings. The van der Waals surface area contributed by atoms with Crippen molar-refractivity contribution in [1.29, 1.82) is 0 Å². The molecule has 0 unspecified atom stereocenters. The van der Waals surface area contributed by atoms with Crippen molar-refractivity contribution >= 4 is 27.4 Å². The summed E-state index contributed by atoms with van der Waals surface area (Å²) in [6, 6.07) is 10.1. The maximum absolute atomic E-state index is 4.37. The van der Waals surface area contributed by atoms with Crippen molar-refractivity contribution < 1.29 is 0 Å². The zero-order valence-corrected chi connectivity index (χ0v) is 9.29. The van der Waals surface area contributed by atoms with E-state index in [1.54, 1.807) is 6.20 Å². The number of anilines is 1. The Kier molecular flexibility index (Phi) is 2.30. The van der Waals surface area contributed by atoms with E-state index < -0.39 is 0 Å². The second-order valence-corrected chi connectivity index (χ2v) is 4.24. The molecule has 0 saturated carbocycles. The number of aromatic nitrogens is 3. The topological polar surface area (TPSA) is 53.6 Å². The van der Waals surface area contributed by atoms with E-state index >= 15 is 0 Å². The molecule has 0 aliphatic heterocycles. The zero-order valence-electron chi connectivity index (χ0n) is 8.47. The van der Waals surface area contributed by atoms with Crippen molar-refractivity contribution in [3.05, 3.63) is 42.2 Å². The van der Waals surface area contributed by atoms with Gasteiger partial charge >= 0.3 is 0 Å².